The largest absolute Gasteiger partial charge is 0.497 e. The van der Waals surface area contributed by atoms with Crippen LogP contribution in [0, 0.1) is 0 Å². The summed E-state index contributed by atoms with van der Waals surface area (Å²) in [7, 11) is 1.63. The first-order chi connectivity index (χ1) is 10.7. The van der Waals surface area contributed by atoms with Crippen LogP contribution in [0.5, 0.6) is 11.5 Å². The van der Waals surface area contributed by atoms with E-state index in [4.69, 9.17) is 9.47 Å². The Kier molecular flexibility index (Phi) is 6.43. The lowest BCUT2D eigenvalue weighted by Gasteiger charge is -2.11. The second-order valence-electron chi connectivity index (χ2n) is 4.65. The molecule has 0 radical (unpaired) electrons. The standard InChI is InChI=1S/C17H18BrNO3/c1-21-16-6-2-13(3-7-16)10-19-15(11-20)12-22-17-8-4-14(18)5-9-17/h2-10,15,20H,11-12H2,1H3/t15-/m0/s1/i4+2,5+2,8+2,9+2,14+2,17+2. The number of methoxy groups -OCH3 is 1. The van der Waals surface area contributed by atoms with Crippen molar-refractivity contribution in [2.75, 3.05) is 20.3 Å². The molecule has 2 aromatic carbocycles. The van der Waals surface area contributed by atoms with Gasteiger partial charge in [-0.25, -0.2) is 0 Å². The van der Waals surface area contributed by atoms with Crippen LogP contribution in [0.25, 0.3) is 0 Å². The third kappa shape index (κ3) is 5.16. The summed E-state index contributed by atoms with van der Waals surface area (Å²) < 4.78 is 11.7. The maximum Gasteiger partial charge on any atom is 0.119 e. The average Bonchev–Trinajstić information content (AvgIpc) is 2.57. The monoisotopic (exact) mass is 375 g/mol. The second kappa shape index (κ2) is 8.56. The van der Waals surface area contributed by atoms with E-state index in [1.54, 1.807) is 13.3 Å². The van der Waals surface area contributed by atoms with E-state index >= 15 is 0 Å². The Labute approximate surface area is 138 Å². The Morgan fingerprint density at radius 1 is 1.27 bits per heavy atom. The minimum absolute atomic E-state index is 0.0663. The number of benzene rings is 2. The zero-order valence-electron chi connectivity index (χ0n) is 12.3. The van der Waals surface area contributed by atoms with Gasteiger partial charge in [0.1, 0.15) is 24.1 Å². The van der Waals surface area contributed by atoms with Gasteiger partial charge in [-0.05, 0) is 54.1 Å². The highest BCUT2D eigenvalue weighted by Crippen LogP contribution is 2.16. The van der Waals surface area contributed by atoms with Crippen LogP contribution < -0.4 is 9.47 Å². The Balaban J connectivity index is 1.90. The summed E-state index contributed by atoms with van der Waals surface area (Å²) in [4.78, 5) is 4.35. The molecule has 0 spiro atoms. The molecule has 0 heterocycles. The van der Waals surface area contributed by atoms with E-state index in [9.17, 15) is 5.11 Å². The highest BCUT2D eigenvalue weighted by atomic mass is 79.9. The van der Waals surface area contributed by atoms with E-state index in [-0.39, 0.29) is 12.6 Å². The van der Waals surface area contributed by atoms with Gasteiger partial charge in [0.25, 0.3) is 0 Å². The number of nitrogens with zero attached hydrogens (tertiary/aromatic N) is 1. The van der Waals surface area contributed by atoms with Crippen molar-refractivity contribution in [3.8, 4) is 11.5 Å². The topological polar surface area (TPSA) is 51.0 Å². The predicted molar refractivity (Wildman–Crippen MR) is 91.1 cm³/mol. The van der Waals surface area contributed by atoms with E-state index in [2.05, 4.69) is 20.9 Å². The summed E-state index contributed by atoms with van der Waals surface area (Å²) in [5, 5.41) is 9.39. The molecule has 116 valence electrons. The molecule has 1 N–H and O–H groups in total. The molecule has 0 saturated heterocycles. The highest BCUT2D eigenvalue weighted by Gasteiger charge is 2.05. The lowest BCUT2D eigenvalue weighted by molar-refractivity contribution is 0.208. The Morgan fingerprint density at radius 2 is 1.95 bits per heavy atom. The van der Waals surface area contributed by atoms with Crippen molar-refractivity contribution < 1.29 is 14.6 Å². The molecular formula is C17H18BrNO3. The fourth-order valence-electron chi connectivity index (χ4n) is 1.75. The van der Waals surface area contributed by atoms with Crippen LogP contribution in [0.2, 0.25) is 0 Å². The van der Waals surface area contributed by atoms with Crippen molar-refractivity contribution in [2.24, 2.45) is 4.99 Å². The van der Waals surface area contributed by atoms with Gasteiger partial charge in [-0.2, -0.15) is 0 Å². The smallest absolute Gasteiger partial charge is 0.119 e. The third-order valence-electron chi connectivity index (χ3n) is 3.02. The molecule has 0 aliphatic rings. The molecule has 0 amide bonds. The molecule has 2 aromatic rings. The van der Waals surface area contributed by atoms with Crippen LogP contribution in [0.1, 0.15) is 5.56 Å². The maximum atomic E-state index is 9.39. The van der Waals surface area contributed by atoms with Gasteiger partial charge in [0.15, 0.2) is 0 Å². The summed E-state index contributed by atoms with van der Waals surface area (Å²) in [6, 6.07) is 14.8. The summed E-state index contributed by atoms with van der Waals surface area (Å²) in [6.45, 7) is 0.258. The number of aliphatic hydroxyl groups excluding tert-OH is 1. The molecule has 0 saturated carbocycles. The lowest BCUT2D eigenvalue weighted by atomic mass is 10.2. The van der Waals surface area contributed by atoms with Crippen molar-refractivity contribution in [1.29, 1.82) is 0 Å². The fourth-order valence-corrected chi connectivity index (χ4v) is 2.01. The first kappa shape index (κ1) is 16.5. The minimum Gasteiger partial charge on any atom is -0.497 e. The van der Waals surface area contributed by atoms with Crippen LogP contribution in [-0.2, 0) is 0 Å². The number of hydrogen-bond donors (Lipinski definition) is 1. The molecule has 5 heteroatoms. The molecule has 0 fully saturated rings. The number of halogens is 1. The van der Waals surface area contributed by atoms with E-state index < -0.39 is 0 Å². The highest BCUT2D eigenvalue weighted by molar-refractivity contribution is 9.10. The first-order valence-electron chi connectivity index (χ1n) is 6.87. The fraction of sp³-hybridized carbons (Fsp3) is 0.235. The van der Waals surface area contributed by atoms with Crippen LogP contribution in [-0.4, -0.2) is 37.7 Å². The van der Waals surface area contributed by atoms with E-state index in [1.165, 1.54) is 0 Å². The maximum absolute atomic E-state index is 9.39. The molecule has 4 nitrogen and oxygen atoms in total. The number of hydrogen-bond acceptors (Lipinski definition) is 4. The van der Waals surface area contributed by atoms with Crippen molar-refractivity contribution in [3.05, 3.63) is 58.6 Å². The van der Waals surface area contributed by atoms with Gasteiger partial charge >= 0.3 is 0 Å². The van der Waals surface area contributed by atoms with Crippen molar-refractivity contribution in [2.45, 2.75) is 6.04 Å². The molecule has 2 rings (SSSR count). The van der Waals surface area contributed by atoms with Crippen LogP contribution >= 0.6 is 15.9 Å². The van der Waals surface area contributed by atoms with Crippen molar-refractivity contribution in [3.63, 3.8) is 0 Å². The predicted octanol–water partition coefficient (Wildman–Crippen LogP) is 3.32. The van der Waals surface area contributed by atoms with Crippen molar-refractivity contribution >= 4 is 22.1 Å². The summed E-state index contributed by atoms with van der Waals surface area (Å²) >= 11 is 3.37. The van der Waals surface area contributed by atoms with Gasteiger partial charge in [-0.3, -0.25) is 4.99 Å². The second-order valence-corrected chi connectivity index (χ2v) is 5.57. The van der Waals surface area contributed by atoms with Gasteiger partial charge in [0.05, 0.1) is 13.7 Å². The van der Waals surface area contributed by atoms with Gasteiger partial charge < -0.3 is 14.6 Å². The minimum atomic E-state index is -0.300. The first-order valence-corrected chi connectivity index (χ1v) is 7.67. The Bertz CT molecular complexity index is 596. The zero-order chi connectivity index (χ0) is 15.8. The molecule has 1 atom stereocenters. The zero-order valence-corrected chi connectivity index (χ0v) is 13.9. The molecule has 0 unspecified atom stereocenters. The Morgan fingerprint density at radius 3 is 2.55 bits per heavy atom. The summed E-state index contributed by atoms with van der Waals surface area (Å²) in [6.07, 6.45) is 1.73. The molecule has 22 heavy (non-hydrogen) atoms. The van der Waals surface area contributed by atoms with E-state index in [0.29, 0.717) is 6.61 Å². The van der Waals surface area contributed by atoms with E-state index in [0.717, 1.165) is 21.5 Å². The van der Waals surface area contributed by atoms with Crippen LogP contribution in [0.15, 0.2) is 58.0 Å². The molecule has 0 aliphatic heterocycles. The van der Waals surface area contributed by atoms with Gasteiger partial charge in [0, 0.05) is 10.7 Å². The van der Waals surface area contributed by atoms with Crippen LogP contribution in [0.4, 0.5) is 0 Å². The number of ether oxygens (including phenoxy) is 2. The molecule has 0 aromatic heterocycles. The van der Waals surface area contributed by atoms with Gasteiger partial charge in [-0.15, -0.1) is 0 Å². The van der Waals surface area contributed by atoms with E-state index in [1.807, 2.05) is 48.5 Å². The number of rotatable bonds is 7. The third-order valence-corrected chi connectivity index (χ3v) is 3.55. The molecule has 0 aliphatic carbocycles. The van der Waals surface area contributed by atoms with Gasteiger partial charge in [-0.1, -0.05) is 15.9 Å². The quantitative estimate of drug-likeness (QED) is 0.755. The lowest BCUT2D eigenvalue weighted by Crippen LogP contribution is -2.20. The Hall–Kier alpha value is -1.85. The summed E-state index contributed by atoms with van der Waals surface area (Å²) in [5.74, 6) is 1.55. The normalized spacial score (nSPS) is 12.3. The summed E-state index contributed by atoms with van der Waals surface area (Å²) in [5.41, 5.74) is 0.947. The molecular weight excluding hydrogens is 358 g/mol. The van der Waals surface area contributed by atoms with Crippen molar-refractivity contribution in [1.82, 2.24) is 0 Å². The van der Waals surface area contributed by atoms with Crippen LogP contribution in [0.3, 0.4) is 0 Å². The SMILES string of the molecule is COc1ccc(C=N[C@@H](CO)CO[14c]2[14cH][14cH][14c](Br)[14cH][14cH]2)cc1. The number of aliphatic hydroxyl groups is 1. The molecule has 0 bridgehead atoms. The number of aliphatic imine (C=N–C) groups is 1. The van der Waals surface area contributed by atoms with Gasteiger partial charge in [0.2, 0.25) is 0 Å². The average molecular weight is 376 g/mol.